The smallest absolute Gasteiger partial charge is 0.314 e. The average molecular weight is 963 g/mol. The van der Waals surface area contributed by atoms with Gasteiger partial charge < -0.3 is 105 Å². The predicted molar refractivity (Wildman–Crippen MR) is 220 cm³/mol. The van der Waals surface area contributed by atoms with Crippen LogP contribution in [0.3, 0.4) is 0 Å². The van der Waals surface area contributed by atoms with E-state index in [9.17, 15) is 76.3 Å². The van der Waals surface area contributed by atoms with Crippen molar-refractivity contribution in [1.29, 1.82) is 0 Å². The molecule has 22 nitrogen and oxygen atoms in total. The monoisotopic (exact) mass is 962 g/mol. The van der Waals surface area contributed by atoms with E-state index in [1.54, 1.807) is 6.92 Å². The van der Waals surface area contributed by atoms with Gasteiger partial charge in [0.1, 0.15) is 85.5 Å². The van der Waals surface area contributed by atoms with Gasteiger partial charge in [0.15, 0.2) is 12.6 Å². The van der Waals surface area contributed by atoms with Crippen LogP contribution in [0, 0.1) is 39.4 Å². The lowest BCUT2D eigenvalue weighted by Gasteiger charge is -2.66. The minimum Gasteiger partial charge on any atom is -0.432 e. The molecule has 0 aromatic heterocycles. The molecule has 67 heavy (non-hydrogen) atoms. The van der Waals surface area contributed by atoms with E-state index in [0.29, 0.717) is 50.5 Å². The van der Waals surface area contributed by atoms with Crippen LogP contribution in [0.2, 0.25) is 0 Å². The maximum atomic E-state index is 14.5. The minimum absolute atomic E-state index is 0.218. The molecule has 28 atom stereocenters. The Bertz CT molecular complexity index is 1820. The topological polar surface area (TPSA) is 365 Å². The van der Waals surface area contributed by atoms with Crippen molar-refractivity contribution in [2.45, 2.75) is 200 Å². The molecule has 4 saturated heterocycles. The van der Waals surface area contributed by atoms with Crippen LogP contribution in [0.5, 0.6) is 0 Å². The summed E-state index contributed by atoms with van der Waals surface area (Å²) < 4.78 is 43.0. The van der Waals surface area contributed by atoms with Gasteiger partial charge in [-0.15, -0.1) is 0 Å². The molecule has 14 N–H and O–H groups in total. The zero-order valence-electron chi connectivity index (χ0n) is 37.6. The Morgan fingerprint density at radius 1 is 0.657 bits per heavy atom. The van der Waals surface area contributed by atoms with Gasteiger partial charge in [-0.2, -0.15) is 0 Å². The molecular weight excluding hydrogens is 892 g/mol. The Morgan fingerprint density at radius 2 is 1.25 bits per heavy atom. The average Bonchev–Trinajstić information content (AvgIpc) is 3.55. The number of carbonyl (C=O) groups is 1. The third-order valence-electron chi connectivity index (χ3n) is 18.4. The maximum absolute atomic E-state index is 14.5. The number of hydrogen-bond acceptors (Lipinski definition) is 22. The maximum Gasteiger partial charge on any atom is 0.314 e. The number of aliphatic hydroxyl groups is 14. The van der Waals surface area contributed by atoms with Crippen molar-refractivity contribution in [1.82, 2.24) is 0 Å². The van der Waals surface area contributed by atoms with Crippen molar-refractivity contribution >= 4 is 5.97 Å². The number of ether oxygens (including phenoxy) is 7. The molecule has 4 bridgehead atoms. The summed E-state index contributed by atoms with van der Waals surface area (Å²) in [6, 6.07) is 0. The Kier molecular flexibility index (Phi) is 13.7. The van der Waals surface area contributed by atoms with Crippen molar-refractivity contribution in [3.05, 3.63) is 12.2 Å². The van der Waals surface area contributed by atoms with E-state index < -0.39 is 182 Å². The molecule has 0 radical (unpaired) electrons. The fourth-order valence-corrected chi connectivity index (χ4v) is 14.9. The lowest BCUT2D eigenvalue weighted by molar-refractivity contribution is -0.385. The standard InChI is InChI=1S/C45H70O22/c1-16-11-44-8-5-22-42(2,6-4-7-43(22,3)41(60)67-39-34(58)32(56)28(52)20(13-47)63-39)23(44)10-24-45(16,15-44)37(59)17-9-18(26(50)30(54)25(17)49)61-36-35(29(53)21(14-48)64-40(36)65-24)66-38-33(57)31(55)27(51)19(12-46)62-38/h17-40,46-59H,1,4-15H2,2-3H3/t17-,18+,19+,20+,21+,22-,23?,24?,25+,26-,27+,28+,29+,30-,31-,32-,33+,34+,35?,36+,37?,38-,39?,40-,42+,43+,44?,45?/m0/s1. The van der Waals surface area contributed by atoms with Crippen molar-refractivity contribution in [3.8, 4) is 0 Å². The number of carbonyl (C=O) groups excluding carboxylic acids is 1. The highest BCUT2D eigenvalue weighted by Gasteiger charge is 2.74. The van der Waals surface area contributed by atoms with E-state index in [1.165, 1.54) is 0 Å². The SMILES string of the molecule is C=C1CC23CC[C@@H]4[C@](C)(C(=O)OC5O[C@H](CO)[C@@H](O)[C@H](O)[C@H]5O)CCC[C@@]4(C)C2CC2O[C@@H]4O[C@H](CO)[C@@H](O)C(O[C@@H]5O[C@H](CO)[C@@H](O)[C@H](O)[C@H]5O)[C@H]4O[C@@H]4C[C@H](C(O)C12C3)[C@@H](O)[C@H](O)[C@H]4O. The van der Waals surface area contributed by atoms with E-state index in [4.69, 9.17) is 33.2 Å². The predicted octanol–water partition coefficient (Wildman–Crippen LogP) is -4.84. The first-order valence-corrected chi connectivity index (χ1v) is 23.8. The molecule has 0 aromatic carbocycles. The summed E-state index contributed by atoms with van der Waals surface area (Å²) in [6.07, 6.45) is -30.5. The third kappa shape index (κ3) is 7.62. The molecule has 4 heterocycles. The Morgan fingerprint density at radius 3 is 1.90 bits per heavy atom. The molecule has 0 aromatic rings. The molecule has 5 saturated carbocycles. The van der Waals surface area contributed by atoms with Crippen molar-refractivity contribution in [2.24, 2.45) is 39.4 Å². The van der Waals surface area contributed by atoms with E-state index >= 15 is 0 Å². The van der Waals surface area contributed by atoms with Crippen molar-refractivity contribution < 1.29 is 109 Å². The van der Waals surface area contributed by atoms with Crippen LogP contribution < -0.4 is 0 Å². The van der Waals surface area contributed by atoms with Gasteiger partial charge in [0.25, 0.3) is 0 Å². The lowest BCUT2D eigenvalue weighted by atomic mass is 9.39. The second-order valence-electron chi connectivity index (χ2n) is 21.7. The van der Waals surface area contributed by atoms with Gasteiger partial charge >= 0.3 is 5.97 Å². The van der Waals surface area contributed by atoms with E-state index in [2.05, 4.69) is 13.5 Å². The lowest BCUT2D eigenvalue weighted by Crippen LogP contribution is -2.70. The minimum atomic E-state index is -1.93. The van der Waals surface area contributed by atoms with Crippen LogP contribution in [0.1, 0.15) is 71.6 Å². The normalized spacial score (nSPS) is 57.6. The molecule has 9 rings (SSSR count). The van der Waals surface area contributed by atoms with Crippen molar-refractivity contribution in [2.75, 3.05) is 19.8 Å². The Hall–Kier alpha value is -1.59. The number of aliphatic hydroxyl groups excluding tert-OH is 14. The van der Waals surface area contributed by atoms with Gasteiger partial charge in [-0.05, 0) is 81.0 Å². The molecular formula is C45H70O22. The number of esters is 1. The third-order valence-corrected chi connectivity index (χ3v) is 18.4. The summed E-state index contributed by atoms with van der Waals surface area (Å²) in [6.45, 7) is 6.19. The molecule has 7 unspecified atom stereocenters. The van der Waals surface area contributed by atoms with E-state index in [-0.39, 0.29) is 24.7 Å². The van der Waals surface area contributed by atoms with E-state index in [1.807, 2.05) is 0 Å². The first-order chi connectivity index (χ1) is 31.6. The number of fused-ring (bicyclic) bond motifs is 5. The molecule has 9 aliphatic rings. The summed E-state index contributed by atoms with van der Waals surface area (Å²) in [5, 5.41) is 153. The van der Waals surface area contributed by atoms with Crippen LogP contribution >= 0.6 is 0 Å². The quantitative estimate of drug-likeness (QED) is 0.0646. The second-order valence-corrected chi connectivity index (χ2v) is 21.7. The van der Waals surface area contributed by atoms with Crippen LogP contribution in [0.25, 0.3) is 0 Å². The zero-order valence-corrected chi connectivity index (χ0v) is 37.6. The number of rotatable bonds is 7. The summed E-state index contributed by atoms with van der Waals surface area (Å²) >= 11 is 0. The van der Waals surface area contributed by atoms with Crippen LogP contribution in [-0.2, 0) is 38.0 Å². The molecule has 9 fully saturated rings. The van der Waals surface area contributed by atoms with Crippen LogP contribution in [0.15, 0.2) is 12.2 Å². The van der Waals surface area contributed by atoms with E-state index in [0.717, 1.165) is 0 Å². The Labute approximate surface area is 386 Å². The molecule has 0 amide bonds. The first kappa shape index (κ1) is 50.4. The fourth-order valence-electron chi connectivity index (χ4n) is 14.9. The Balaban J connectivity index is 1.08. The molecule has 22 heteroatoms. The van der Waals surface area contributed by atoms with Crippen LogP contribution in [-0.4, -0.2) is 226 Å². The summed E-state index contributed by atoms with van der Waals surface area (Å²) in [7, 11) is 0. The molecule has 4 aliphatic heterocycles. The highest BCUT2D eigenvalue weighted by atomic mass is 16.8. The van der Waals surface area contributed by atoms with Gasteiger partial charge in [-0.1, -0.05) is 25.5 Å². The second kappa shape index (κ2) is 18.2. The fraction of sp³-hybridized carbons (Fsp3) is 0.933. The zero-order chi connectivity index (χ0) is 48.4. The highest BCUT2D eigenvalue weighted by Crippen LogP contribution is 2.76. The van der Waals surface area contributed by atoms with Gasteiger partial charge in [0.05, 0.1) is 49.7 Å². The summed E-state index contributed by atoms with van der Waals surface area (Å²) in [4.78, 5) is 14.5. The van der Waals surface area contributed by atoms with Gasteiger partial charge in [0.2, 0.25) is 6.29 Å². The van der Waals surface area contributed by atoms with Gasteiger partial charge in [-0.25, -0.2) is 0 Å². The first-order valence-electron chi connectivity index (χ1n) is 23.8. The molecule has 5 aliphatic carbocycles. The van der Waals surface area contributed by atoms with Gasteiger partial charge in [-0.3, -0.25) is 4.79 Å². The highest BCUT2D eigenvalue weighted by molar-refractivity contribution is 5.77. The summed E-state index contributed by atoms with van der Waals surface area (Å²) in [5.41, 5.74) is -3.01. The molecule has 382 valence electrons. The largest absolute Gasteiger partial charge is 0.432 e. The summed E-state index contributed by atoms with van der Waals surface area (Å²) in [5.74, 6) is -2.39. The molecule has 2 spiro atoms. The number of hydrogen-bond donors (Lipinski definition) is 14. The van der Waals surface area contributed by atoms with Gasteiger partial charge in [0, 0.05) is 11.3 Å². The van der Waals surface area contributed by atoms with Crippen molar-refractivity contribution in [3.63, 3.8) is 0 Å². The van der Waals surface area contributed by atoms with Crippen LogP contribution in [0.4, 0.5) is 0 Å².